The van der Waals surface area contributed by atoms with E-state index in [-0.39, 0.29) is 10.9 Å². The lowest BCUT2D eigenvalue weighted by molar-refractivity contribution is 0.0412. The largest absolute Gasteiger partial charge is 0.375 e. The third-order valence-electron chi connectivity index (χ3n) is 2.79. The molecule has 98 valence electrons. The van der Waals surface area contributed by atoms with Crippen molar-refractivity contribution < 1.29 is 4.74 Å². The molecule has 0 saturated heterocycles. The SMILES string of the molecule is CCCCC(CC)COC(CCl)C(Br)CCl. The molecule has 0 N–H and O–H groups in total. The predicted molar refractivity (Wildman–Crippen MR) is 77.2 cm³/mol. The molecule has 16 heavy (non-hydrogen) atoms. The third kappa shape index (κ3) is 7.37. The van der Waals surface area contributed by atoms with Crippen molar-refractivity contribution in [1.82, 2.24) is 0 Å². The smallest absolute Gasteiger partial charge is 0.0846 e. The molecule has 0 spiro atoms. The Morgan fingerprint density at radius 2 is 1.88 bits per heavy atom. The first-order valence-electron chi connectivity index (χ1n) is 6.07. The fourth-order valence-corrected chi connectivity index (χ4v) is 2.56. The molecule has 0 fully saturated rings. The number of rotatable bonds is 10. The van der Waals surface area contributed by atoms with Crippen LogP contribution >= 0.6 is 39.1 Å². The summed E-state index contributed by atoms with van der Waals surface area (Å²) in [7, 11) is 0. The fourth-order valence-electron chi connectivity index (χ4n) is 1.50. The van der Waals surface area contributed by atoms with E-state index in [9.17, 15) is 0 Å². The van der Waals surface area contributed by atoms with Crippen LogP contribution in [0, 0.1) is 5.92 Å². The first kappa shape index (κ1) is 17.0. The summed E-state index contributed by atoms with van der Waals surface area (Å²) >= 11 is 15.1. The maximum atomic E-state index is 5.86. The minimum atomic E-state index is 0.0230. The molecule has 0 amide bonds. The van der Waals surface area contributed by atoms with Crippen LogP contribution in [-0.4, -0.2) is 29.3 Å². The maximum Gasteiger partial charge on any atom is 0.0846 e. The second-order valence-corrected chi connectivity index (χ2v) is 5.91. The summed E-state index contributed by atoms with van der Waals surface area (Å²) < 4.78 is 5.83. The second-order valence-electron chi connectivity index (χ2n) is 4.11. The molecule has 4 heteroatoms. The predicted octanol–water partition coefficient (Wildman–Crippen LogP) is 4.83. The van der Waals surface area contributed by atoms with Crippen LogP contribution in [0.25, 0.3) is 0 Å². The summed E-state index contributed by atoms with van der Waals surface area (Å²) in [5, 5.41) is 0. The average molecular weight is 334 g/mol. The molecule has 3 unspecified atom stereocenters. The number of ether oxygens (including phenoxy) is 1. The summed E-state index contributed by atoms with van der Waals surface area (Å²) in [5.41, 5.74) is 0. The summed E-state index contributed by atoms with van der Waals surface area (Å²) in [5.74, 6) is 1.68. The highest BCUT2D eigenvalue weighted by molar-refractivity contribution is 9.09. The third-order valence-corrected chi connectivity index (χ3v) is 4.71. The average Bonchev–Trinajstić information content (AvgIpc) is 2.33. The second kappa shape index (κ2) is 11.1. The van der Waals surface area contributed by atoms with Gasteiger partial charge in [-0.1, -0.05) is 49.0 Å². The molecule has 0 radical (unpaired) electrons. The summed E-state index contributed by atoms with van der Waals surface area (Å²) in [4.78, 5) is 0.148. The van der Waals surface area contributed by atoms with E-state index in [4.69, 9.17) is 27.9 Å². The Morgan fingerprint density at radius 1 is 1.19 bits per heavy atom. The molecule has 0 heterocycles. The Morgan fingerprint density at radius 3 is 2.31 bits per heavy atom. The van der Waals surface area contributed by atoms with Gasteiger partial charge < -0.3 is 4.74 Å². The van der Waals surface area contributed by atoms with Crippen molar-refractivity contribution in [3.8, 4) is 0 Å². The van der Waals surface area contributed by atoms with Gasteiger partial charge in [0.15, 0.2) is 0 Å². The van der Waals surface area contributed by atoms with Crippen molar-refractivity contribution in [2.45, 2.75) is 50.5 Å². The molecule has 0 aliphatic rings. The molecule has 0 aliphatic heterocycles. The van der Waals surface area contributed by atoms with Crippen molar-refractivity contribution in [2.75, 3.05) is 18.4 Å². The molecule has 0 rings (SSSR count). The number of unbranched alkanes of at least 4 members (excludes halogenated alkanes) is 1. The monoisotopic (exact) mass is 332 g/mol. The van der Waals surface area contributed by atoms with Crippen molar-refractivity contribution in [2.24, 2.45) is 5.92 Å². The first-order valence-corrected chi connectivity index (χ1v) is 8.05. The normalized spacial score (nSPS) is 17.1. The lowest BCUT2D eigenvalue weighted by Gasteiger charge is -2.22. The number of alkyl halides is 3. The molecule has 0 aromatic carbocycles. The minimum Gasteiger partial charge on any atom is -0.375 e. The summed E-state index contributed by atoms with van der Waals surface area (Å²) in [6.07, 6.45) is 4.96. The van der Waals surface area contributed by atoms with Gasteiger partial charge in [0.1, 0.15) is 0 Å². The quantitative estimate of drug-likeness (QED) is 0.520. The van der Waals surface area contributed by atoms with E-state index in [1.165, 1.54) is 25.7 Å². The van der Waals surface area contributed by atoms with Crippen LogP contribution < -0.4 is 0 Å². The molecule has 0 aliphatic carbocycles. The Bertz CT molecular complexity index is 158. The van der Waals surface area contributed by atoms with Gasteiger partial charge in [-0.3, -0.25) is 0 Å². The Hall–Kier alpha value is 1.02. The van der Waals surface area contributed by atoms with Crippen LogP contribution in [0.3, 0.4) is 0 Å². The molecule has 0 bridgehead atoms. The summed E-state index contributed by atoms with van der Waals surface area (Å²) in [6, 6.07) is 0. The van der Waals surface area contributed by atoms with Crippen LogP contribution in [0.15, 0.2) is 0 Å². The Balaban J connectivity index is 3.87. The van der Waals surface area contributed by atoms with Gasteiger partial charge >= 0.3 is 0 Å². The van der Waals surface area contributed by atoms with Crippen LogP contribution in [0.4, 0.5) is 0 Å². The molecule has 0 aromatic heterocycles. The van der Waals surface area contributed by atoms with E-state index in [1.54, 1.807) is 0 Å². The van der Waals surface area contributed by atoms with Crippen molar-refractivity contribution in [3.63, 3.8) is 0 Å². The van der Waals surface area contributed by atoms with Gasteiger partial charge in [-0.05, 0) is 12.3 Å². The number of halogens is 3. The standard InChI is InChI=1S/C12H23BrCl2O/c1-3-5-6-10(4-2)9-16-12(8-15)11(13)7-14/h10-12H,3-9H2,1-2H3. The Kier molecular flexibility index (Phi) is 11.8. The van der Waals surface area contributed by atoms with E-state index in [0.717, 1.165) is 6.61 Å². The molecule has 0 saturated carbocycles. The zero-order valence-corrected chi connectivity index (χ0v) is 13.3. The highest BCUT2D eigenvalue weighted by atomic mass is 79.9. The number of hydrogen-bond donors (Lipinski definition) is 0. The van der Waals surface area contributed by atoms with Gasteiger partial charge in [-0.25, -0.2) is 0 Å². The lowest BCUT2D eigenvalue weighted by atomic mass is 10.0. The van der Waals surface area contributed by atoms with Crippen LogP contribution in [0.2, 0.25) is 0 Å². The van der Waals surface area contributed by atoms with Gasteiger partial charge in [0.05, 0.1) is 10.9 Å². The number of hydrogen-bond acceptors (Lipinski definition) is 1. The van der Waals surface area contributed by atoms with E-state index in [2.05, 4.69) is 29.8 Å². The zero-order valence-electron chi connectivity index (χ0n) is 10.2. The Labute approximate surface area is 118 Å². The van der Waals surface area contributed by atoms with Crippen molar-refractivity contribution in [3.05, 3.63) is 0 Å². The van der Waals surface area contributed by atoms with E-state index < -0.39 is 0 Å². The van der Waals surface area contributed by atoms with Crippen LogP contribution in [0.1, 0.15) is 39.5 Å². The van der Waals surface area contributed by atoms with Crippen LogP contribution in [-0.2, 0) is 4.74 Å². The van der Waals surface area contributed by atoms with Gasteiger partial charge in [-0.15, -0.1) is 23.2 Å². The van der Waals surface area contributed by atoms with Gasteiger partial charge in [0.2, 0.25) is 0 Å². The summed E-state index contributed by atoms with van der Waals surface area (Å²) in [6.45, 7) is 5.23. The van der Waals surface area contributed by atoms with Gasteiger partial charge in [0.25, 0.3) is 0 Å². The van der Waals surface area contributed by atoms with Gasteiger partial charge in [-0.2, -0.15) is 0 Å². The molecule has 0 aromatic rings. The molecular weight excluding hydrogens is 311 g/mol. The van der Waals surface area contributed by atoms with E-state index >= 15 is 0 Å². The van der Waals surface area contributed by atoms with E-state index in [0.29, 0.717) is 17.7 Å². The van der Waals surface area contributed by atoms with Gasteiger partial charge in [0, 0.05) is 18.4 Å². The van der Waals surface area contributed by atoms with Crippen molar-refractivity contribution in [1.29, 1.82) is 0 Å². The van der Waals surface area contributed by atoms with Crippen LogP contribution in [0.5, 0.6) is 0 Å². The highest BCUT2D eigenvalue weighted by Gasteiger charge is 2.19. The lowest BCUT2D eigenvalue weighted by Crippen LogP contribution is -2.29. The topological polar surface area (TPSA) is 9.23 Å². The fraction of sp³-hybridized carbons (Fsp3) is 1.00. The highest BCUT2D eigenvalue weighted by Crippen LogP contribution is 2.18. The van der Waals surface area contributed by atoms with E-state index in [1.807, 2.05) is 0 Å². The zero-order chi connectivity index (χ0) is 12.4. The maximum absolute atomic E-state index is 5.86. The molecular formula is C12H23BrCl2O. The molecule has 1 nitrogen and oxygen atoms in total. The minimum absolute atomic E-state index is 0.0230. The van der Waals surface area contributed by atoms with Crippen molar-refractivity contribution >= 4 is 39.1 Å². The first-order chi connectivity index (χ1) is 7.69. The molecule has 3 atom stereocenters.